The van der Waals surface area contributed by atoms with Crippen LogP contribution in [0.2, 0.25) is 0 Å². The summed E-state index contributed by atoms with van der Waals surface area (Å²) in [5.74, 6) is -1.73. The number of nitrogens with two attached hydrogens (primary N) is 1. The predicted molar refractivity (Wildman–Crippen MR) is 69.7 cm³/mol. The summed E-state index contributed by atoms with van der Waals surface area (Å²) in [6.45, 7) is 3.44. The van der Waals surface area contributed by atoms with E-state index in [9.17, 15) is 13.6 Å². The number of guanidine groups is 1. The van der Waals surface area contributed by atoms with Crippen LogP contribution < -0.4 is 16.4 Å². The number of amides is 1. The van der Waals surface area contributed by atoms with Crippen LogP contribution in [0, 0.1) is 11.6 Å². The average Bonchev–Trinajstić information content (AvgIpc) is 2.30. The molecule has 1 aromatic rings. The number of anilines is 1. The number of hydrogen-bond donors (Lipinski definition) is 3. The van der Waals surface area contributed by atoms with E-state index in [-0.39, 0.29) is 30.1 Å². The van der Waals surface area contributed by atoms with Gasteiger partial charge in [-0.25, -0.2) is 13.8 Å². The normalized spacial score (nSPS) is 11.5. The van der Waals surface area contributed by atoms with Crippen LogP contribution in [0.5, 0.6) is 0 Å². The van der Waals surface area contributed by atoms with Crippen molar-refractivity contribution < 1.29 is 13.6 Å². The number of carbonyl (C=O) groups is 1. The molecule has 0 heterocycles. The van der Waals surface area contributed by atoms with Crippen molar-refractivity contribution in [3.8, 4) is 0 Å². The molecule has 0 unspecified atom stereocenters. The number of benzene rings is 1. The first-order valence-electron chi connectivity index (χ1n) is 5.70. The van der Waals surface area contributed by atoms with E-state index in [1.165, 1.54) is 0 Å². The molecule has 1 amide bonds. The molecule has 0 saturated carbocycles. The molecular weight excluding hydrogens is 254 g/mol. The van der Waals surface area contributed by atoms with Crippen LogP contribution in [0.1, 0.15) is 13.8 Å². The molecule has 19 heavy (non-hydrogen) atoms. The maximum Gasteiger partial charge on any atom is 0.242 e. The highest BCUT2D eigenvalue weighted by Crippen LogP contribution is 2.14. The molecule has 4 N–H and O–H groups in total. The van der Waals surface area contributed by atoms with E-state index in [0.29, 0.717) is 0 Å². The minimum absolute atomic E-state index is 0.00227. The van der Waals surface area contributed by atoms with Crippen molar-refractivity contribution >= 4 is 17.6 Å². The molecule has 0 radical (unpaired) electrons. The molecule has 7 heteroatoms. The third-order valence-corrected chi connectivity index (χ3v) is 2.03. The summed E-state index contributed by atoms with van der Waals surface area (Å²) in [7, 11) is 0. The van der Waals surface area contributed by atoms with Crippen molar-refractivity contribution in [2.24, 2.45) is 10.7 Å². The van der Waals surface area contributed by atoms with E-state index in [1.807, 2.05) is 13.8 Å². The van der Waals surface area contributed by atoms with Gasteiger partial charge < -0.3 is 16.4 Å². The molecule has 5 nitrogen and oxygen atoms in total. The maximum absolute atomic E-state index is 13.3. The van der Waals surface area contributed by atoms with E-state index in [1.54, 1.807) is 0 Å². The van der Waals surface area contributed by atoms with E-state index in [4.69, 9.17) is 5.73 Å². The number of rotatable bonds is 4. The number of hydrogen-bond acceptors (Lipinski definition) is 2. The van der Waals surface area contributed by atoms with E-state index in [0.717, 1.165) is 18.2 Å². The molecule has 0 aliphatic carbocycles. The third-order valence-electron chi connectivity index (χ3n) is 2.03. The van der Waals surface area contributed by atoms with Crippen molar-refractivity contribution in [1.29, 1.82) is 0 Å². The monoisotopic (exact) mass is 270 g/mol. The quantitative estimate of drug-likeness (QED) is 0.568. The molecule has 0 atom stereocenters. The standard InChI is InChI=1S/C12H16F2N4O/c1-7(2)17-11(19)6-16-12(15)18-10-5-8(13)3-4-9(10)14/h3-5,7H,6H2,1-2H3,(H,17,19)(H3,15,16,18). The van der Waals surface area contributed by atoms with Gasteiger partial charge in [0.05, 0.1) is 5.69 Å². The van der Waals surface area contributed by atoms with Gasteiger partial charge in [-0.1, -0.05) is 0 Å². The zero-order valence-electron chi connectivity index (χ0n) is 10.7. The second-order valence-corrected chi connectivity index (χ2v) is 4.17. The zero-order valence-corrected chi connectivity index (χ0v) is 10.7. The Bertz CT molecular complexity index is 489. The molecule has 0 saturated heterocycles. The lowest BCUT2D eigenvalue weighted by Crippen LogP contribution is -2.33. The highest BCUT2D eigenvalue weighted by molar-refractivity contribution is 5.94. The fourth-order valence-corrected chi connectivity index (χ4v) is 1.30. The lowest BCUT2D eigenvalue weighted by atomic mass is 10.3. The molecule has 104 valence electrons. The van der Waals surface area contributed by atoms with E-state index < -0.39 is 11.6 Å². The Hall–Kier alpha value is -2.18. The maximum atomic E-state index is 13.3. The summed E-state index contributed by atoms with van der Waals surface area (Å²) in [6, 6.07) is 2.91. The Morgan fingerprint density at radius 1 is 1.42 bits per heavy atom. The van der Waals surface area contributed by atoms with E-state index in [2.05, 4.69) is 15.6 Å². The Morgan fingerprint density at radius 3 is 2.74 bits per heavy atom. The SMILES string of the molecule is CC(C)NC(=O)CN=C(N)Nc1cc(F)ccc1F. The van der Waals surface area contributed by atoms with Crippen LogP contribution in [0.15, 0.2) is 23.2 Å². The smallest absolute Gasteiger partial charge is 0.242 e. The van der Waals surface area contributed by atoms with Crippen LogP contribution in [0.3, 0.4) is 0 Å². The largest absolute Gasteiger partial charge is 0.370 e. The van der Waals surface area contributed by atoms with Gasteiger partial charge in [0.25, 0.3) is 0 Å². The highest BCUT2D eigenvalue weighted by Gasteiger charge is 2.06. The minimum Gasteiger partial charge on any atom is -0.370 e. The fourth-order valence-electron chi connectivity index (χ4n) is 1.30. The van der Waals surface area contributed by atoms with Gasteiger partial charge in [-0.05, 0) is 26.0 Å². The second kappa shape index (κ2) is 6.67. The Labute approximate surface area is 109 Å². The second-order valence-electron chi connectivity index (χ2n) is 4.17. The van der Waals surface area contributed by atoms with Crippen molar-refractivity contribution in [3.63, 3.8) is 0 Å². The topological polar surface area (TPSA) is 79.5 Å². The summed E-state index contributed by atoms with van der Waals surface area (Å²) < 4.78 is 26.2. The van der Waals surface area contributed by atoms with Crippen LogP contribution >= 0.6 is 0 Å². The van der Waals surface area contributed by atoms with Crippen LogP contribution in [0.25, 0.3) is 0 Å². The first kappa shape index (κ1) is 14.9. The van der Waals surface area contributed by atoms with Crippen LogP contribution in [-0.2, 0) is 4.79 Å². The van der Waals surface area contributed by atoms with Crippen molar-refractivity contribution in [1.82, 2.24) is 5.32 Å². The number of aliphatic imine (C=N–C) groups is 1. The van der Waals surface area contributed by atoms with Gasteiger partial charge in [-0.3, -0.25) is 4.79 Å². The number of halogens is 2. The lowest BCUT2D eigenvalue weighted by molar-refractivity contribution is -0.120. The predicted octanol–water partition coefficient (Wildman–Crippen LogP) is 1.22. The Morgan fingerprint density at radius 2 is 2.11 bits per heavy atom. The number of nitrogens with one attached hydrogen (secondary N) is 2. The van der Waals surface area contributed by atoms with E-state index >= 15 is 0 Å². The summed E-state index contributed by atoms with van der Waals surface area (Å²) in [5, 5.41) is 5.01. The van der Waals surface area contributed by atoms with Gasteiger partial charge in [0.1, 0.15) is 18.2 Å². The molecule has 0 bridgehead atoms. The van der Waals surface area contributed by atoms with Gasteiger partial charge in [0, 0.05) is 12.1 Å². The fraction of sp³-hybridized carbons (Fsp3) is 0.333. The lowest BCUT2D eigenvalue weighted by Gasteiger charge is -2.08. The molecule has 0 aliphatic rings. The molecule has 0 aromatic heterocycles. The van der Waals surface area contributed by atoms with Crippen LogP contribution in [0.4, 0.5) is 14.5 Å². The van der Waals surface area contributed by atoms with Gasteiger partial charge >= 0.3 is 0 Å². The third kappa shape index (κ3) is 5.33. The zero-order chi connectivity index (χ0) is 14.4. The molecule has 0 aliphatic heterocycles. The number of nitrogens with zero attached hydrogens (tertiary/aromatic N) is 1. The summed E-state index contributed by atoms with van der Waals surface area (Å²) >= 11 is 0. The molecule has 0 spiro atoms. The minimum atomic E-state index is -0.661. The first-order valence-corrected chi connectivity index (χ1v) is 5.70. The molecule has 1 rings (SSSR count). The Balaban J connectivity index is 2.61. The van der Waals surface area contributed by atoms with Gasteiger partial charge in [-0.15, -0.1) is 0 Å². The molecular formula is C12H16F2N4O. The van der Waals surface area contributed by atoms with Gasteiger partial charge in [0.15, 0.2) is 5.96 Å². The summed E-state index contributed by atoms with van der Waals surface area (Å²) in [6.07, 6.45) is 0. The summed E-state index contributed by atoms with van der Waals surface area (Å²) in [5.41, 5.74) is 5.34. The van der Waals surface area contributed by atoms with Crippen molar-refractivity contribution in [3.05, 3.63) is 29.8 Å². The highest BCUT2D eigenvalue weighted by atomic mass is 19.1. The van der Waals surface area contributed by atoms with Crippen molar-refractivity contribution in [2.45, 2.75) is 19.9 Å². The van der Waals surface area contributed by atoms with Gasteiger partial charge in [0.2, 0.25) is 5.91 Å². The average molecular weight is 270 g/mol. The Kier molecular flexibility index (Phi) is 5.23. The first-order chi connectivity index (χ1) is 8.88. The molecule has 1 aromatic carbocycles. The molecule has 0 fully saturated rings. The van der Waals surface area contributed by atoms with Gasteiger partial charge in [-0.2, -0.15) is 0 Å². The van der Waals surface area contributed by atoms with Crippen molar-refractivity contribution in [2.75, 3.05) is 11.9 Å². The number of carbonyl (C=O) groups excluding carboxylic acids is 1. The summed E-state index contributed by atoms with van der Waals surface area (Å²) in [4.78, 5) is 15.0. The van der Waals surface area contributed by atoms with Crippen LogP contribution in [-0.4, -0.2) is 24.5 Å².